The third kappa shape index (κ3) is 3.22. The molecule has 0 aliphatic rings. The highest BCUT2D eigenvalue weighted by Crippen LogP contribution is 2.34. The van der Waals surface area contributed by atoms with E-state index in [1.807, 2.05) is 38.1 Å². The lowest BCUT2D eigenvalue weighted by Crippen LogP contribution is -2.39. The minimum atomic E-state index is -1.28. The maximum Gasteiger partial charge on any atom is 0.189 e. The van der Waals surface area contributed by atoms with Crippen LogP contribution >= 0.6 is 0 Å². The van der Waals surface area contributed by atoms with E-state index in [2.05, 4.69) is 0 Å². The van der Waals surface area contributed by atoms with Gasteiger partial charge in [0.15, 0.2) is 6.29 Å². The zero-order valence-corrected chi connectivity index (χ0v) is 11.6. The van der Waals surface area contributed by atoms with E-state index in [1.54, 1.807) is 6.92 Å². The van der Waals surface area contributed by atoms with Crippen LogP contribution in [0.5, 0.6) is 5.75 Å². The molecule has 0 saturated heterocycles. The zero-order valence-electron chi connectivity index (χ0n) is 11.6. The fourth-order valence-corrected chi connectivity index (χ4v) is 1.92. The Morgan fingerprint density at radius 2 is 1.67 bits per heavy atom. The van der Waals surface area contributed by atoms with Crippen molar-refractivity contribution in [2.24, 2.45) is 0 Å². The molecule has 1 atom stereocenters. The Morgan fingerprint density at radius 3 is 2.17 bits per heavy atom. The number of aliphatic hydroxyl groups is 1. The average molecular weight is 254 g/mol. The van der Waals surface area contributed by atoms with E-state index in [0.717, 1.165) is 0 Å². The van der Waals surface area contributed by atoms with Crippen molar-refractivity contribution in [3.8, 4) is 5.75 Å². The molecule has 4 heteroatoms. The molecule has 1 aromatic rings. The van der Waals surface area contributed by atoms with E-state index < -0.39 is 11.9 Å². The van der Waals surface area contributed by atoms with Crippen molar-refractivity contribution in [2.45, 2.75) is 38.8 Å². The summed E-state index contributed by atoms with van der Waals surface area (Å²) >= 11 is 0. The van der Waals surface area contributed by atoms with Gasteiger partial charge < -0.3 is 19.3 Å². The number of benzene rings is 1. The average Bonchev–Trinajstić information content (AvgIpc) is 2.30. The second kappa shape index (κ2) is 6.18. The van der Waals surface area contributed by atoms with Crippen LogP contribution in [0.25, 0.3) is 0 Å². The number of ether oxygens (including phenoxy) is 3. The van der Waals surface area contributed by atoms with Gasteiger partial charge in [0.25, 0.3) is 0 Å². The van der Waals surface area contributed by atoms with E-state index in [1.165, 1.54) is 14.2 Å². The quantitative estimate of drug-likeness (QED) is 0.791. The molecule has 4 nitrogen and oxygen atoms in total. The van der Waals surface area contributed by atoms with Gasteiger partial charge in [-0.15, -0.1) is 0 Å². The standard InChI is InChI=1S/C14H22O4/c1-10(2)18-12-9-7-6-8-11(12)14(3,15)13(16-4)17-5/h6-10,13,15H,1-5H3. The molecule has 1 N–H and O–H groups in total. The molecule has 1 aromatic carbocycles. The molecular weight excluding hydrogens is 232 g/mol. The molecule has 0 fully saturated rings. The van der Waals surface area contributed by atoms with Crippen LogP contribution in [0, 0.1) is 0 Å². The van der Waals surface area contributed by atoms with Crippen LogP contribution in [0.4, 0.5) is 0 Å². The summed E-state index contributed by atoms with van der Waals surface area (Å²) in [7, 11) is 2.99. The van der Waals surface area contributed by atoms with Gasteiger partial charge in [0, 0.05) is 19.8 Å². The molecule has 0 radical (unpaired) electrons. The first-order valence-electron chi connectivity index (χ1n) is 5.97. The van der Waals surface area contributed by atoms with Crippen LogP contribution in [0.1, 0.15) is 26.3 Å². The van der Waals surface area contributed by atoms with Crippen LogP contribution in [-0.4, -0.2) is 31.7 Å². The SMILES string of the molecule is COC(OC)C(C)(O)c1ccccc1OC(C)C. The molecule has 0 aromatic heterocycles. The van der Waals surface area contributed by atoms with Gasteiger partial charge in [-0.25, -0.2) is 0 Å². The maximum absolute atomic E-state index is 10.6. The summed E-state index contributed by atoms with van der Waals surface area (Å²) in [6.45, 7) is 5.53. The lowest BCUT2D eigenvalue weighted by molar-refractivity contribution is -0.213. The molecule has 0 saturated carbocycles. The van der Waals surface area contributed by atoms with Crippen molar-refractivity contribution in [1.29, 1.82) is 0 Å². The van der Waals surface area contributed by atoms with Crippen molar-refractivity contribution in [3.63, 3.8) is 0 Å². The van der Waals surface area contributed by atoms with Crippen LogP contribution < -0.4 is 4.74 Å². The van der Waals surface area contributed by atoms with E-state index in [0.29, 0.717) is 11.3 Å². The van der Waals surface area contributed by atoms with E-state index >= 15 is 0 Å². The minimum Gasteiger partial charge on any atom is -0.491 e. The Bertz CT molecular complexity index is 370. The number of methoxy groups -OCH3 is 2. The lowest BCUT2D eigenvalue weighted by Gasteiger charge is -2.32. The number of para-hydroxylation sites is 1. The van der Waals surface area contributed by atoms with E-state index in [4.69, 9.17) is 14.2 Å². The fraction of sp³-hybridized carbons (Fsp3) is 0.571. The van der Waals surface area contributed by atoms with Crippen LogP contribution in [0.15, 0.2) is 24.3 Å². The highest BCUT2D eigenvalue weighted by Gasteiger charge is 2.36. The summed E-state index contributed by atoms with van der Waals surface area (Å²) in [6, 6.07) is 7.35. The van der Waals surface area contributed by atoms with Gasteiger partial charge >= 0.3 is 0 Å². The predicted molar refractivity (Wildman–Crippen MR) is 69.6 cm³/mol. The highest BCUT2D eigenvalue weighted by atomic mass is 16.7. The van der Waals surface area contributed by atoms with Gasteiger partial charge in [0.05, 0.1) is 6.10 Å². The molecule has 1 rings (SSSR count). The molecule has 1 unspecified atom stereocenters. The maximum atomic E-state index is 10.6. The van der Waals surface area contributed by atoms with Crippen molar-refractivity contribution >= 4 is 0 Å². The second-order valence-corrected chi connectivity index (χ2v) is 4.61. The first kappa shape index (κ1) is 15.0. The van der Waals surface area contributed by atoms with Gasteiger partial charge in [-0.1, -0.05) is 18.2 Å². The molecule has 0 aliphatic heterocycles. The minimum absolute atomic E-state index is 0.0329. The number of hydrogen-bond donors (Lipinski definition) is 1. The van der Waals surface area contributed by atoms with Gasteiger partial charge in [0.2, 0.25) is 0 Å². The number of rotatable bonds is 6. The Hall–Kier alpha value is -1.10. The molecule has 0 heterocycles. The van der Waals surface area contributed by atoms with Gasteiger partial charge in [-0.2, -0.15) is 0 Å². The van der Waals surface area contributed by atoms with Crippen molar-refractivity contribution in [1.82, 2.24) is 0 Å². The molecule has 102 valence electrons. The third-order valence-corrected chi connectivity index (χ3v) is 2.68. The van der Waals surface area contributed by atoms with Gasteiger partial charge in [-0.05, 0) is 26.8 Å². The Balaban J connectivity index is 3.14. The van der Waals surface area contributed by atoms with Crippen molar-refractivity contribution in [3.05, 3.63) is 29.8 Å². The molecular formula is C14H22O4. The highest BCUT2D eigenvalue weighted by molar-refractivity contribution is 5.38. The predicted octanol–water partition coefficient (Wildman–Crippen LogP) is 2.30. The van der Waals surface area contributed by atoms with Crippen LogP contribution in [0.2, 0.25) is 0 Å². The smallest absolute Gasteiger partial charge is 0.189 e. The zero-order chi connectivity index (χ0) is 13.8. The molecule has 0 spiro atoms. The summed E-state index contributed by atoms with van der Waals surface area (Å²) in [5, 5.41) is 10.6. The monoisotopic (exact) mass is 254 g/mol. The first-order valence-corrected chi connectivity index (χ1v) is 5.97. The molecule has 0 amide bonds. The molecule has 0 aliphatic carbocycles. The van der Waals surface area contributed by atoms with Gasteiger partial charge in [-0.3, -0.25) is 0 Å². The summed E-state index contributed by atoms with van der Waals surface area (Å²) in [5.74, 6) is 0.636. The summed E-state index contributed by atoms with van der Waals surface area (Å²) in [4.78, 5) is 0. The first-order chi connectivity index (χ1) is 8.43. The summed E-state index contributed by atoms with van der Waals surface area (Å²) in [6.07, 6.45) is -0.722. The number of hydrogen-bond acceptors (Lipinski definition) is 4. The van der Waals surface area contributed by atoms with Crippen molar-refractivity contribution in [2.75, 3.05) is 14.2 Å². The Labute approximate surface area is 108 Å². The summed E-state index contributed by atoms with van der Waals surface area (Å²) in [5.41, 5.74) is -0.637. The topological polar surface area (TPSA) is 47.9 Å². The second-order valence-electron chi connectivity index (χ2n) is 4.61. The Kier molecular flexibility index (Phi) is 5.14. The molecule has 0 bridgehead atoms. The normalized spacial score (nSPS) is 14.9. The Morgan fingerprint density at radius 1 is 1.11 bits per heavy atom. The van der Waals surface area contributed by atoms with Crippen molar-refractivity contribution < 1.29 is 19.3 Å². The van der Waals surface area contributed by atoms with E-state index in [9.17, 15) is 5.11 Å². The van der Waals surface area contributed by atoms with E-state index in [-0.39, 0.29) is 6.10 Å². The van der Waals surface area contributed by atoms with Gasteiger partial charge in [0.1, 0.15) is 11.4 Å². The third-order valence-electron chi connectivity index (χ3n) is 2.68. The molecule has 18 heavy (non-hydrogen) atoms. The largest absolute Gasteiger partial charge is 0.491 e. The fourth-order valence-electron chi connectivity index (χ4n) is 1.92. The lowest BCUT2D eigenvalue weighted by atomic mass is 9.94. The van der Waals surface area contributed by atoms with Crippen LogP contribution in [-0.2, 0) is 15.1 Å². The summed E-state index contributed by atoms with van der Waals surface area (Å²) < 4.78 is 16.0. The van der Waals surface area contributed by atoms with Crippen LogP contribution in [0.3, 0.4) is 0 Å².